The third-order valence-electron chi connectivity index (χ3n) is 4.29. The van der Waals surface area contributed by atoms with Gasteiger partial charge in [0.15, 0.2) is 11.5 Å². The number of hydrogen-bond acceptors (Lipinski definition) is 5. The summed E-state index contributed by atoms with van der Waals surface area (Å²) in [6.07, 6.45) is 1.55. The molecule has 0 saturated heterocycles. The molecule has 0 spiro atoms. The van der Waals surface area contributed by atoms with Crippen LogP contribution in [0.4, 0.5) is 0 Å². The monoisotopic (exact) mass is 482 g/mol. The van der Waals surface area contributed by atoms with Crippen molar-refractivity contribution in [3.63, 3.8) is 0 Å². The van der Waals surface area contributed by atoms with Gasteiger partial charge in [-0.1, -0.05) is 30.3 Å². The first kappa shape index (κ1) is 22.4. The first-order chi connectivity index (χ1) is 15.1. The van der Waals surface area contributed by atoms with Crippen LogP contribution >= 0.6 is 15.9 Å². The van der Waals surface area contributed by atoms with Crippen LogP contribution in [0.1, 0.15) is 28.4 Å². The zero-order valence-electron chi connectivity index (χ0n) is 17.3. The van der Waals surface area contributed by atoms with Crippen molar-refractivity contribution in [2.75, 3.05) is 13.7 Å². The summed E-state index contributed by atoms with van der Waals surface area (Å²) in [7, 11) is 1.58. The number of ether oxygens (including phenoxy) is 3. The second kappa shape index (κ2) is 11.2. The van der Waals surface area contributed by atoms with Gasteiger partial charge in [-0.25, -0.2) is 5.43 Å². The normalized spacial score (nSPS) is 10.7. The van der Waals surface area contributed by atoms with E-state index in [4.69, 9.17) is 14.2 Å². The quantitative estimate of drug-likeness (QED) is 0.336. The molecule has 7 heteroatoms. The average Bonchev–Trinajstić information content (AvgIpc) is 2.79. The van der Waals surface area contributed by atoms with Gasteiger partial charge in [0.25, 0.3) is 5.91 Å². The molecule has 0 radical (unpaired) electrons. The van der Waals surface area contributed by atoms with Crippen molar-refractivity contribution >= 4 is 28.1 Å². The van der Waals surface area contributed by atoms with Crippen LogP contribution < -0.4 is 19.6 Å². The lowest BCUT2D eigenvalue weighted by Gasteiger charge is -2.14. The summed E-state index contributed by atoms with van der Waals surface area (Å²) in [4.78, 5) is 12.2. The molecule has 3 rings (SSSR count). The molecule has 31 heavy (non-hydrogen) atoms. The fourth-order valence-electron chi connectivity index (χ4n) is 2.77. The number of hydrazone groups is 1. The number of methoxy groups -OCH3 is 1. The van der Waals surface area contributed by atoms with Gasteiger partial charge in [0.1, 0.15) is 12.4 Å². The number of rotatable bonds is 9. The number of hydrogen-bond donors (Lipinski definition) is 1. The highest BCUT2D eigenvalue weighted by molar-refractivity contribution is 9.10. The van der Waals surface area contributed by atoms with Crippen LogP contribution in [0.2, 0.25) is 0 Å². The molecule has 0 fully saturated rings. The van der Waals surface area contributed by atoms with Crippen molar-refractivity contribution in [1.82, 2.24) is 5.43 Å². The Morgan fingerprint density at radius 3 is 2.48 bits per heavy atom. The van der Waals surface area contributed by atoms with Crippen molar-refractivity contribution in [3.8, 4) is 17.2 Å². The molecule has 0 heterocycles. The van der Waals surface area contributed by atoms with E-state index in [0.29, 0.717) is 36.0 Å². The zero-order chi connectivity index (χ0) is 22.1. The summed E-state index contributed by atoms with van der Waals surface area (Å²) in [5.74, 6) is 1.58. The number of nitrogens with one attached hydrogen (secondary N) is 1. The Morgan fingerprint density at radius 1 is 1.06 bits per heavy atom. The van der Waals surface area contributed by atoms with E-state index in [1.807, 2.05) is 49.4 Å². The topological polar surface area (TPSA) is 69.2 Å². The molecule has 0 aliphatic carbocycles. The van der Waals surface area contributed by atoms with E-state index in [0.717, 1.165) is 15.6 Å². The molecule has 1 amide bonds. The molecule has 0 aromatic heterocycles. The molecule has 0 aliphatic rings. The van der Waals surface area contributed by atoms with E-state index in [2.05, 4.69) is 26.5 Å². The van der Waals surface area contributed by atoms with Gasteiger partial charge in [0.05, 0.1) is 24.4 Å². The molecule has 3 aromatic carbocycles. The van der Waals surface area contributed by atoms with Crippen molar-refractivity contribution in [2.24, 2.45) is 5.10 Å². The Balaban J connectivity index is 1.69. The molecule has 0 bridgehead atoms. The lowest BCUT2D eigenvalue weighted by Crippen LogP contribution is -2.17. The Morgan fingerprint density at radius 2 is 1.81 bits per heavy atom. The zero-order valence-corrected chi connectivity index (χ0v) is 18.9. The number of halogens is 1. The van der Waals surface area contributed by atoms with Gasteiger partial charge in [-0.05, 0) is 70.4 Å². The highest BCUT2D eigenvalue weighted by Crippen LogP contribution is 2.37. The summed E-state index contributed by atoms with van der Waals surface area (Å²) in [5, 5.41) is 4.05. The molecule has 0 atom stereocenters. The second-order valence-corrected chi connectivity index (χ2v) is 7.32. The fraction of sp³-hybridized carbons (Fsp3) is 0.167. The highest BCUT2D eigenvalue weighted by atomic mass is 79.9. The van der Waals surface area contributed by atoms with E-state index in [1.165, 1.54) is 0 Å². The minimum atomic E-state index is -0.314. The number of carbonyl (C=O) groups is 1. The summed E-state index contributed by atoms with van der Waals surface area (Å²) in [6, 6.07) is 20.4. The van der Waals surface area contributed by atoms with Crippen LogP contribution in [-0.2, 0) is 6.61 Å². The molecule has 0 unspecified atom stereocenters. The molecule has 0 aliphatic heterocycles. The molecule has 3 aromatic rings. The molecule has 0 saturated carbocycles. The van der Waals surface area contributed by atoms with Crippen molar-refractivity contribution in [2.45, 2.75) is 13.5 Å². The Kier molecular flexibility index (Phi) is 8.06. The Bertz CT molecular complexity index is 1040. The van der Waals surface area contributed by atoms with E-state index in [9.17, 15) is 4.79 Å². The van der Waals surface area contributed by atoms with Gasteiger partial charge < -0.3 is 14.2 Å². The van der Waals surface area contributed by atoms with Gasteiger partial charge in [0.2, 0.25) is 0 Å². The molecule has 6 nitrogen and oxygen atoms in total. The van der Waals surface area contributed by atoms with Gasteiger partial charge in [-0.15, -0.1) is 0 Å². The van der Waals surface area contributed by atoms with Crippen LogP contribution in [0.5, 0.6) is 17.2 Å². The van der Waals surface area contributed by atoms with Crippen LogP contribution in [0.25, 0.3) is 0 Å². The van der Waals surface area contributed by atoms with Crippen LogP contribution in [0, 0.1) is 0 Å². The Hall–Kier alpha value is -3.32. The maximum Gasteiger partial charge on any atom is 0.271 e. The standard InChI is InChI=1S/C24H23BrN2O4/c1-3-30-22-14-18(13-21(25)23(22)31-16-17-7-5-4-6-8-17)15-26-27-24(28)19-9-11-20(29-2)12-10-19/h4-15H,3,16H2,1-2H3,(H,27,28)/b26-15-. The first-order valence-corrected chi connectivity index (χ1v) is 10.5. The number of benzene rings is 3. The largest absolute Gasteiger partial charge is 0.497 e. The van der Waals surface area contributed by atoms with Crippen LogP contribution in [0.15, 0.2) is 76.3 Å². The molecular weight excluding hydrogens is 460 g/mol. The molecule has 1 N–H and O–H groups in total. The minimum Gasteiger partial charge on any atom is -0.497 e. The van der Waals surface area contributed by atoms with E-state index >= 15 is 0 Å². The summed E-state index contributed by atoms with van der Waals surface area (Å²) in [6.45, 7) is 2.82. The van der Waals surface area contributed by atoms with E-state index < -0.39 is 0 Å². The van der Waals surface area contributed by atoms with E-state index in [-0.39, 0.29) is 5.91 Å². The molecule has 160 valence electrons. The summed E-state index contributed by atoms with van der Waals surface area (Å²) >= 11 is 3.55. The average molecular weight is 483 g/mol. The fourth-order valence-corrected chi connectivity index (χ4v) is 3.34. The van der Waals surface area contributed by atoms with E-state index in [1.54, 1.807) is 37.6 Å². The third-order valence-corrected chi connectivity index (χ3v) is 4.88. The minimum absolute atomic E-state index is 0.314. The van der Waals surface area contributed by atoms with Crippen LogP contribution in [-0.4, -0.2) is 25.8 Å². The van der Waals surface area contributed by atoms with Crippen molar-refractivity contribution in [3.05, 3.63) is 87.9 Å². The first-order valence-electron chi connectivity index (χ1n) is 9.71. The van der Waals surface area contributed by atoms with Crippen molar-refractivity contribution in [1.29, 1.82) is 0 Å². The molecular formula is C24H23BrN2O4. The second-order valence-electron chi connectivity index (χ2n) is 6.46. The summed E-state index contributed by atoms with van der Waals surface area (Å²) < 4.78 is 17.6. The van der Waals surface area contributed by atoms with Gasteiger partial charge in [0, 0.05) is 5.56 Å². The predicted octanol–water partition coefficient (Wildman–Crippen LogP) is 5.20. The smallest absolute Gasteiger partial charge is 0.271 e. The van der Waals surface area contributed by atoms with Crippen molar-refractivity contribution < 1.29 is 19.0 Å². The maximum absolute atomic E-state index is 12.2. The van der Waals surface area contributed by atoms with Crippen LogP contribution in [0.3, 0.4) is 0 Å². The Labute approximate surface area is 190 Å². The number of carbonyl (C=O) groups excluding carboxylic acids is 1. The van der Waals surface area contributed by atoms with Gasteiger partial charge in [-0.3, -0.25) is 4.79 Å². The predicted molar refractivity (Wildman–Crippen MR) is 124 cm³/mol. The highest BCUT2D eigenvalue weighted by Gasteiger charge is 2.12. The summed E-state index contributed by atoms with van der Waals surface area (Å²) in [5.41, 5.74) is 4.81. The number of nitrogens with zero attached hydrogens (tertiary/aromatic N) is 1. The van der Waals surface area contributed by atoms with Gasteiger partial charge in [-0.2, -0.15) is 5.10 Å². The lowest BCUT2D eigenvalue weighted by atomic mass is 10.2. The van der Waals surface area contributed by atoms with Gasteiger partial charge >= 0.3 is 0 Å². The number of amides is 1. The lowest BCUT2D eigenvalue weighted by molar-refractivity contribution is 0.0955. The maximum atomic E-state index is 12.2. The third kappa shape index (κ3) is 6.33. The SMILES string of the molecule is CCOc1cc(/C=N\NC(=O)c2ccc(OC)cc2)cc(Br)c1OCc1ccccc1.